The molecule has 0 saturated heterocycles. The van der Waals surface area contributed by atoms with Crippen molar-refractivity contribution < 1.29 is 9.13 Å². The van der Waals surface area contributed by atoms with Gasteiger partial charge in [-0.25, -0.2) is 4.39 Å². The maximum Gasteiger partial charge on any atom is 0.154 e. The van der Waals surface area contributed by atoms with E-state index in [-0.39, 0.29) is 5.02 Å². The summed E-state index contributed by atoms with van der Waals surface area (Å²) in [7, 11) is 0. The molecule has 1 aliphatic rings. The van der Waals surface area contributed by atoms with E-state index < -0.39 is 11.4 Å². The highest BCUT2D eigenvalue weighted by Crippen LogP contribution is 2.46. The van der Waals surface area contributed by atoms with Crippen LogP contribution in [0.2, 0.25) is 5.02 Å². The smallest absolute Gasteiger partial charge is 0.154 e. The molecule has 2 N–H and O–H groups in total. The second-order valence-electron chi connectivity index (χ2n) is 6.17. The minimum Gasteiger partial charge on any atom is -0.481 e. The summed E-state index contributed by atoms with van der Waals surface area (Å²) in [5.41, 5.74) is 6.98. The molecule has 1 saturated carbocycles. The van der Waals surface area contributed by atoms with Crippen LogP contribution in [0, 0.1) is 12.7 Å². The molecule has 0 spiro atoms. The summed E-state index contributed by atoms with van der Waals surface area (Å²) in [5.74, 6) is 0.287. The Balaban J connectivity index is 0.000000647. The Kier molecular flexibility index (Phi) is 6.05. The van der Waals surface area contributed by atoms with E-state index in [9.17, 15) is 4.39 Å². The molecule has 3 rings (SSSR count). The van der Waals surface area contributed by atoms with Crippen molar-refractivity contribution in [3.63, 3.8) is 0 Å². The fourth-order valence-electron chi connectivity index (χ4n) is 2.63. The third kappa shape index (κ3) is 3.99. The molecule has 1 aliphatic carbocycles. The number of halogens is 2. The molecule has 0 atom stereocenters. The number of nitrogens with two attached hydrogens (primary N) is 1. The lowest BCUT2D eigenvalue weighted by molar-refractivity contribution is -0.0199. The number of aromatic nitrogens is 1. The van der Waals surface area contributed by atoms with Gasteiger partial charge in [0.1, 0.15) is 17.3 Å². The summed E-state index contributed by atoms with van der Waals surface area (Å²) >= 11 is 5.77. The van der Waals surface area contributed by atoms with Gasteiger partial charge in [-0.05, 0) is 56.0 Å². The van der Waals surface area contributed by atoms with Crippen LogP contribution in [0.25, 0.3) is 0 Å². The van der Waals surface area contributed by atoms with Crippen LogP contribution in [0.5, 0.6) is 5.75 Å². The Labute approximate surface area is 148 Å². The summed E-state index contributed by atoms with van der Waals surface area (Å²) in [4.78, 5) is 4.16. The highest BCUT2D eigenvalue weighted by molar-refractivity contribution is 6.30. The van der Waals surface area contributed by atoms with Crippen molar-refractivity contribution in [3.8, 4) is 5.75 Å². The lowest BCUT2D eigenvalue weighted by Crippen LogP contribution is -2.42. The van der Waals surface area contributed by atoms with Crippen LogP contribution in [0.4, 0.5) is 10.1 Å². The molecule has 1 heterocycles. The summed E-state index contributed by atoms with van der Waals surface area (Å²) in [6.07, 6.45) is 5.17. The molecule has 2 aromatic rings. The number of nitrogens with zero attached hydrogens (tertiary/aromatic N) is 1. The number of aryl methyl sites for hydroxylation is 1. The van der Waals surface area contributed by atoms with E-state index in [0.717, 1.165) is 24.8 Å². The molecular weight excluding hydrogens is 327 g/mol. The first kappa shape index (κ1) is 18.5. The van der Waals surface area contributed by atoms with Crippen molar-refractivity contribution in [1.29, 1.82) is 0 Å². The third-order valence-corrected chi connectivity index (χ3v) is 4.11. The van der Waals surface area contributed by atoms with Crippen LogP contribution >= 0.6 is 11.6 Å². The van der Waals surface area contributed by atoms with Gasteiger partial charge in [0, 0.05) is 11.9 Å². The zero-order chi connectivity index (χ0) is 17.7. The summed E-state index contributed by atoms with van der Waals surface area (Å²) < 4.78 is 20.3. The van der Waals surface area contributed by atoms with E-state index in [1.807, 2.05) is 19.1 Å². The normalized spacial score (nSPS) is 15.0. The van der Waals surface area contributed by atoms with Gasteiger partial charge in [-0.1, -0.05) is 31.9 Å². The minimum atomic E-state index is -0.699. The molecule has 0 radical (unpaired) electrons. The molecule has 1 aromatic heterocycles. The molecule has 130 valence electrons. The van der Waals surface area contributed by atoms with Gasteiger partial charge in [0.25, 0.3) is 0 Å². The van der Waals surface area contributed by atoms with Crippen LogP contribution in [0.15, 0.2) is 30.5 Å². The number of pyridine rings is 1. The highest BCUT2D eigenvalue weighted by atomic mass is 35.5. The second-order valence-corrected chi connectivity index (χ2v) is 6.60. The SMILES string of the molecule is CCC.Cc1cc(N)ccc1OC1(c2ncc(Cl)cc2F)CCC1. The first-order valence-electron chi connectivity index (χ1n) is 8.28. The molecule has 0 bridgehead atoms. The number of anilines is 1. The predicted octanol–water partition coefficient (Wildman–Crippen LogP) is 5.64. The van der Waals surface area contributed by atoms with E-state index in [0.29, 0.717) is 17.1 Å². The average molecular weight is 351 g/mol. The molecule has 3 nitrogen and oxygen atoms in total. The van der Waals surface area contributed by atoms with E-state index in [2.05, 4.69) is 18.8 Å². The predicted molar refractivity (Wildman–Crippen MR) is 96.9 cm³/mol. The van der Waals surface area contributed by atoms with Gasteiger partial charge in [0.2, 0.25) is 0 Å². The van der Waals surface area contributed by atoms with Crippen molar-refractivity contribution in [2.24, 2.45) is 0 Å². The molecule has 0 amide bonds. The number of rotatable bonds is 3. The van der Waals surface area contributed by atoms with Crippen molar-refractivity contribution >= 4 is 17.3 Å². The van der Waals surface area contributed by atoms with Crippen molar-refractivity contribution in [1.82, 2.24) is 4.98 Å². The molecule has 1 aromatic carbocycles. The minimum absolute atomic E-state index is 0.286. The van der Waals surface area contributed by atoms with E-state index in [1.165, 1.54) is 18.7 Å². The van der Waals surface area contributed by atoms with Gasteiger partial charge in [0.05, 0.1) is 5.02 Å². The van der Waals surface area contributed by atoms with Crippen LogP contribution in [-0.4, -0.2) is 4.98 Å². The monoisotopic (exact) mass is 350 g/mol. The van der Waals surface area contributed by atoms with E-state index >= 15 is 0 Å². The third-order valence-electron chi connectivity index (χ3n) is 3.90. The van der Waals surface area contributed by atoms with E-state index in [1.54, 1.807) is 6.07 Å². The maximum absolute atomic E-state index is 14.2. The molecule has 1 fully saturated rings. The molecule has 0 unspecified atom stereocenters. The van der Waals surface area contributed by atoms with Gasteiger partial charge < -0.3 is 10.5 Å². The number of benzene rings is 1. The number of hydrogen-bond acceptors (Lipinski definition) is 3. The number of nitrogen functional groups attached to an aromatic ring is 1. The fraction of sp³-hybridized carbons (Fsp3) is 0.421. The summed E-state index contributed by atoms with van der Waals surface area (Å²) in [5, 5.41) is 0.286. The first-order chi connectivity index (χ1) is 11.4. The van der Waals surface area contributed by atoms with Gasteiger partial charge in [0.15, 0.2) is 5.60 Å². The van der Waals surface area contributed by atoms with Crippen molar-refractivity contribution in [2.45, 2.75) is 52.1 Å². The largest absolute Gasteiger partial charge is 0.481 e. The molecule has 5 heteroatoms. The lowest BCUT2D eigenvalue weighted by Gasteiger charge is -2.41. The van der Waals surface area contributed by atoms with Crippen LogP contribution in [0.3, 0.4) is 0 Å². The van der Waals surface area contributed by atoms with Crippen molar-refractivity contribution in [2.75, 3.05) is 5.73 Å². The van der Waals surface area contributed by atoms with Gasteiger partial charge in [-0.2, -0.15) is 0 Å². The van der Waals surface area contributed by atoms with Gasteiger partial charge in [-0.15, -0.1) is 0 Å². The standard InChI is InChI=1S/C16H16ClFN2O.C3H8/c1-10-7-12(19)3-4-14(10)21-16(5-2-6-16)15-13(18)8-11(17)9-20-15;1-3-2/h3-4,7-9H,2,5-6,19H2,1H3;3H2,1-2H3. The Morgan fingerprint density at radius 2 is 1.96 bits per heavy atom. The Morgan fingerprint density at radius 3 is 2.46 bits per heavy atom. The van der Waals surface area contributed by atoms with E-state index in [4.69, 9.17) is 22.1 Å². The number of ether oxygens (including phenoxy) is 1. The first-order valence-corrected chi connectivity index (χ1v) is 8.66. The fourth-order valence-corrected chi connectivity index (χ4v) is 2.78. The molecule has 24 heavy (non-hydrogen) atoms. The van der Waals surface area contributed by atoms with Gasteiger partial charge >= 0.3 is 0 Å². The maximum atomic E-state index is 14.2. The summed E-state index contributed by atoms with van der Waals surface area (Å²) in [6, 6.07) is 6.72. The Hall–Kier alpha value is -1.81. The Bertz CT molecular complexity index is 702. The lowest BCUT2D eigenvalue weighted by atomic mass is 9.77. The van der Waals surface area contributed by atoms with Crippen LogP contribution in [-0.2, 0) is 5.60 Å². The molecular formula is C19H24ClFN2O. The zero-order valence-electron chi connectivity index (χ0n) is 14.4. The average Bonchev–Trinajstić information content (AvgIpc) is 2.47. The Morgan fingerprint density at radius 1 is 1.29 bits per heavy atom. The van der Waals surface area contributed by atoms with Crippen LogP contribution in [0.1, 0.15) is 50.8 Å². The topological polar surface area (TPSA) is 48.1 Å². The van der Waals surface area contributed by atoms with Crippen molar-refractivity contribution in [3.05, 3.63) is 52.6 Å². The quantitative estimate of drug-likeness (QED) is 0.729. The summed E-state index contributed by atoms with van der Waals surface area (Å²) in [6.45, 7) is 6.17. The highest BCUT2D eigenvalue weighted by Gasteiger charge is 2.45. The molecule has 0 aliphatic heterocycles. The van der Waals surface area contributed by atoms with Crippen LogP contribution < -0.4 is 10.5 Å². The van der Waals surface area contributed by atoms with Gasteiger partial charge in [-0.3, -0.25) is 4.98 Å². The zero-order valence-corrected chi connectivity index (χ0v) is 15.2. The second kappa shape index (κ2) is 7.84. The number of hydrogen-bond donors (Lipinski definition) is 1.